The molecular formula is C13H22. The fraction of sp³-hybridized carbons (Fsp3) is 0.538. The van der Waals surface area contributed by atoms with E-state index in [2.05, 4.69) is 27.7 Å². The summed E-state index contributed by atoms with van der Waals surface area (Å²) in [6, 6.07) is 12.0. The van der Waals surface area contributed by atoms with Crippen LogP contribution in [0.1, 0.15) is 40.5 Å². The molecule has 0 heterocycles. The summed E-state index contributed by atoms with van der Waals surface area (Å²) in [4.78, 5) is 0. The summed E-state index contributed by atoms with van der Waals surface area (Å²) in [6.45, 7) is 9.08. The van der Waals surface area contributed by atoms with E-state index in [1.807, 2.05) is 36.4 Å². The molecule has 0 fully saturated rings. The molecule has 1 rings (SSSR count). The van der Waals surface area contributed by atoms with Crippen molar-refractivity contribution >= 4 is 0 Å². The highest BCUT2D eigenvalue weighted by molar-refractivity contribution is 4.99. The lowest BCUT2D eigenvalue weighted by Gasteiger charge is -2.18. The van der Waals surface area contributed by atoms with Gasteiger partial charge >= 0.3 is 0 Å². The van der Waals surface area contributed by atoms with Crippen molar-refractivity contribution in [2.75, 3.05) is 0 Å². The zero-order valence-electron chi connectivity index (χ0n) is 9.38. The lowest BCUT2D eigenvalue weighted by molar-refractivity contribution is 0.338. The van der Waals surface area contributed by atoms with Crippen molar-refractivity contribution in [1.29, 1.82) is 0 Å². The quantitative estimate of drug-likeness (QED) is 0.624. The van der Waals surface area contributed by atoms with Crippen molar-refractivity contribution in [3.05, 3.63) is 36.4 Å². The highest BCUT2D eigenvalue weighted by atomic mass is 14.1. The van der Waals surface area contributed by atoms with Gasteiger partial charge in [0, 0.05) is 0 Å². The minimum Gasteiger partial charge on any atom is -0.0649 e. The van der Waals surface area contributed by atoms with Gasteiger partial charge in [0.05, 0.1) is 0 Å². The lowest BCUT2D eigenvalue weighted by atomic mass is 9.88. The predicted octanol–water partition coefficient (Wildman–Crippen LogP) is 4.52. The van der Waals surface area contributed by atoms with Crippen LogP contribution in [0.15, 0.2) is 36.4 Å². The maximum atomic E-state index is 2.30. The molecule has 0 nitrogen and oxygen atoms in total. The van der Waals surface area contributed by atoms with E-state index in [0.717, 1.165) is 0 Å². The van der Waals surface area contributed by atoms with Gasteiger partial charge in [-0.2, -0.15) is 0 Å². The van der Waals surface area contributed by atoms with Crippen LogP contribution in [0.25, 0.3) is 0 Å². The van der Waals surface area contributed by atoms with Gasteiger partial charge in [-0.05, 0) is 5.41 Å². The van der Waals surface area contributed by atoms with E-state index < -0.39 is 0 Å². The molecule has 0 aliphatic heterocycles. The monoisotopic (exact) mass is 178 g/mol. The van der Waals surface area contributed by atoms with Crippen molar-refractivity contribution in [2.45, 2.75) is 40.5 Å². The van der Waals surface area contributed by atoms with Gasteiger partial charge in [0.1, 0.15) is 0 Å². The van der Waals surface area contributed by atoms with Crippen molar-refractivity contribution in [3.8, 4) is 0 Å². The second kappa shape index (κ2) is 6.71. The van der Waals surface area contributed by atoms with Gasteiger partial charge in [-0.25, -0.2) is 0 Å². The Bertz CT molecular complexity index is 154. The molecule has 0 atom stereocenters. The van der Waals surface area contributed by atoms with Crippen LogP contribution in [-0.4, -0.2) is 0 Å². The molecular weight excluding hydrogens is 156 g/mol. The zero-order valence-corrected chi connectivity index (χ0v) is 9.38. The second-order valence-electron chi connectivity index (χ2n) is 4.03. The summed E-state index contributed by atoms with van der Waals surface area (Å²) in [5.74, 6) is 0. The molecule has 0 radical (unpaired) electrons. The molecule has 0 saturated heterocycles. The maximum absolute atomic E-state index is 2.30. The topological polar surface area (TPSA) is 0 Å². The summed E-state index contributed by atoms with van der Waals surface area (Å²) in [7, 11) is 0. The van der Waals surface area contributed by atoms with Crippen LogP contribution in [0.2, 0.25) is 0 Å². The average molecular weight is 178 g/mol. The van der Waals surface area contributed by atoms with E-state index in [9.17, 15) is 0 Å². The first-order valence-corrected chi connectivity index (χ1v) is 5.12. The third kappa shape index (κ3) is 7.58. The average Bonchev–Trinajstić information content (AvgIpc) is 2.21. The highest BCUT2D eigenvalue weighted by Gasteiger charge is 2.09. The number of benzene rings is 1. The van der Waals surface area contributed by atoms with E-state index in [-0.39, 0.29) is 0 Å². The minimum absolute atomic E-state index is 0.583. The van der Waals surface area contributed by atoms with Crippen molar-refractivity contribution < 1.29 is 0 Å². The van der Waals surface area contributed by atoms with Crippen LogP contribution in [-0.2, 0) is 0 Å². The van der Waals surface area contributed by atoms with Crippen LogP contribution in [0, 0.1) is 5.41 Å². The Hall–Kier alpha value is -0.780. The first-order valence-electron chi connectivity index (χ1n) is 5.12. The Morgan fingerprint density at radius 3 is 1.00 bits per heavy atom. The molecule has 13 heavy (non-hydrogen) atoms. The van der Waals surface area contributed by atoms with Crippen LogP contribution in [0.4, 0.5) is 0 Å². The normalized spacial score (nSPS) is 10.2. The van der Waals surface area contributed by atoms with E-state index in [0.29, 0.717) is 5.41 Å². The predicted molar refractivity (Wildman–Crippen MR) is 60.8 cm³/mol. The van der Waals surface area contributed by atoms with E-state index >= 15 is 0 Å². The molecule has 0 aliphatic carbocycles. The van der Waals surface area contributed by atoms with Gasteiger partial charge in [-0.15, -0.1) is 0 Å². The van der Waals surface area contributed by atoms with E-state index in [1.54, 1.807) is 0 Å². The molecule has 0 saturated carbocycles. The molecule has 0 heteroatoms. The Balaban J connectivity index is 0.000000223. The van der Waals surface area contributed by atoms with Crippen LogP contribution in [0.3, 0.4) is 0 Å². The van der Waals surface area contributed by atoms with Crippen LogP contribution in [0.5, 0.6) is 0 Å². The largest absolute Gasteiger partial charge is 0.0649 e. The first-order chi connectivity index (χ1) is 6.12. The molecule has 0 N–H and O–H groups in total. The van der Waals surface area contributed by atoms with E-state index in [4.69, 9.17) is 0 Å². The van der Waals surface area contributed by atoms with Crippen molar-refractivity contribution in [1.82, 2.24) is 0 Å². The van der Waals surface area contributed by atoms with E-state index in [1.165, 1.54) is 12.8 Å². The summed E-state index contributed by atoms with van der Waals surface area (Å²) in [5.41, 5.74) is 0.583. The molecule has 1 aromatic rings. The fourth-order valence-corrected chi connectivity index (χ4v) is 0.635. The number of hydrogen-bond acceptors (Lipinski definition) is 0. The highest BCUT2D eigenvalue weighted by Crippen LogP contribution is 2.22. The minimum atomic E-state index is 0.583. The summed E-state index contributed by atoms with van der Waals surface area (Å²) < 4.78 is 0. The summed E-state index contributed by atoms with van der Waals surface area (Å²) in [5, 5.41) is 0. The SMILES string of the molecule is CCC(C)(C)CC.c1ccccc1. The third-order valence-electron chi connectivity index (χ3n) is 2.58. The molecule has 0 aliphatic rings. The third-order valence-corrected chi connectivity index (χ3v) is 2.58. The van der Waals surface area contributed by atoms with Crippen molar-refractivity contribution in [3.63, 3.8) is 0 Å². The van der Waals surface area contributed by atoms with Crippen molar-refractivity contribution in [2.24, 2.45) is 5.41 Å². The van der Waals surface area contributed by atoms with Gasteiger partial charge < -0.3 is 0 Å². The molecule has 0 amide bonds. The standard InChI is InChI=1S/C7H16.C6H6/c1-5-7(3,4)6-2;1-2-4-6-5-3-1/h5-6H2,1-4H3;1-6H. The number of hydrogen-bond donors (Lipinski definition) is 0. The molecule has 1 aromatic carbocycles. The summed E-state index contributed by atoms with van der Waals surface area (Å²) in [6.07, 6.45) is 2.59. The number of rotatable bonds is 2. The van der Waals surface area contributed by atoms with Gasteiger partial charge in [-0.3, -0.25) is 0 Å². The zero-order chi connectivity index (χ0) is 10.2. The molecule has 0 aromatic heterocycles. The first kappa shape index (κ1) is 12.2. The molecule has 0 bridgehead atoms. The van der Waals surface area contributed by atoms with Gasteiger partial charge in [-0.1, -0.05) is 76.9 Å². The Labute approximate surface area is 83.0 Å². The lowest BCUT2D eigenvalue weighted by Crippen LogP contribution is -2.05. The molecule has 74 valence electrons. The smallest absolute Gasteiger partial charge is 0.0359 e. The Kier molecular flexibility index (Phi) is 6.30. The van der Waals surface area contributed by atoms with Gasteiger partial charge in [0.15, 0.2) is 0 Å². The summed E-state index contributed by atoms with van der Waals surface area (Å²) >= 11 is 0. The fourth-order valence-electron chi connectivity index (χ4n) is 0.635. The molecule has 0 unspecified atom stereocenters. The second-order valence-corrected chi connectivity index (χ2v) is 4.03. The van der Waals surface area contributed by atoms with Gasteiger partial charge in [0.2, 0.25) is 0 Å². The van der Waals surface area contributed by atoms with Crippen LogP contribution >= 0.6 is 0 Å². The Morgan fingerprint density at radius 2 is 0.923 bits per heavy atom. The van der Waals surface area contributed by atoms with Gasteiger partial charge in [0.25, 0.3) is 0 Å². The van der Waals surface area contributed by atoms with Crippen LogP contribution < -0.4 is 0 Å². The maximum Gasteiger partial charge on any atom is -0.0359 e. The Morgan fingerprint density at radius 1 is 0.692 bits per heavy atom. The molecule has 0 spiro atoms.